The van der Waals surface area contributed by atoms with Crippen molar-refractivity contribution in [2.75, 3.05) is 0 Å². The molecule has 4 aromatic heterocycles. The number of halogens is 3. The standard InChI is InChI=1S/C20H15F3N8OS/c21-20(22,23)16-4-12(3-15(27-16)11-1-2-11)18-26-10-31(30-18)7-14(13-5-24-9-25-6-13)19-29-28-17(8-32)33-19/h3-7,9-11,32H,1-2,8H2/b14-7+. The predicted octanol–water partition coefficient (Wildman–Crippen LogP) is 3.42. The van der Waals surface area contributed by atoms with Crippen molar-refractivity contribution in [2.45, 2.75) is 31.5 Å². The molecule has 0 bridgehead atoms. The molecule has 33 heavy (non-hydrogen) atoms. The molecule has 0 atom stereocenters. The second-order valence-corrected chi connectivity index (χ2v) is 8.38. The number of pyridine rings is 1. The summed E-state index contributed by atoms with van der Waals surface area (Å²) < 4.78 is 41.5. The Hall–Kier alpha value is -3.58. The molecular weight excluding hydrogens is 457 g/mol. The molecule has 1 N–H and O–H groups in total. The molecule has 0 unspecified atom stereocenters. The summed E-state index contributed by atoms with van der Waals surface area (Å²) >= 11 is 1.18. The van der Waals surface area contributed by atoms with Gasteiger partial charge in [0.2, 0.25) is 0 Å². The Labute approximate surface area is 188 Å². The van der Waals surface area contributed by atoms with Crippen LogP contribution in [0.25, 0.3) is 23.2 Å². The van der Waals surface area contributed by atoms with Crippen LogP contribution in [0.1, 0.15) is 45.7 Å². The second-order valence-electron chi connectivity index (χ2n) is 7.32. The van der Waals surface area contributed by atoms with Gasteiger partial charge in [0.1, 0.15) is 28.4 Å². The molecule has 0 spiro atoms. The van der Waals surface area contributed by atoms with Gasteiger partial charge in [0, 0.05) is 46.9 Å². The zero-order chi connectivity index (χ0) is 23.0. The third-order valence-corrected chi connectivity index (χ3v) is 5.80. The molecule has 168 valence electrons. The number of alkyl halides is 3. The van der Waals surface area contributed by atoms with E-state index in [1.165, 1.54) is 28.7 Å². The number of aromatic nitrogens is 8. The highest BCUT2D eigenvalue weighted by Gasteiger charge is 2.35. The SMILES string of the molecule is OCc1nnc(/C(=C/n2cnc(-c3cc(C4CC4)nc(C(F)(F)F)c3)n2)c2cncnc2)s1. The zero-order valence-electron chi connectivity index (χ0n) is 16.8. The van der Waals surface area contributed by atoms with Crippen molar-refractivity contribution in [1.82, 2.24) is 39.9 Å². The van der Waals surface area contributed by atoms with Gasteiger partial charge < -0.3 is 5.11 Å². The Morgan fingerprint density at radius 1 is 1.18 bits per heavy atom. The summed E-state index contributed by atoms with van der Waals surface area (Å²) in [4.78, 5) is 16.0. The van der Waals surface area contributed by atoms with Crippen molar-refractivity contribution < 1.29 is 18.3 Å². The first kappa shape index (κ1) is 21.3. The second kappa shape index (κ2) is 8.41. The summed E-state index contributed by atoms with van der Waals surface area (Å²) in [5.74, 6) is 0.175. The first-order chi connectivity index (χ1) is 15.9. The van der Waals surface area contributed by atoms with Gasteiger partial charge in [-0.25, -0.2) is 24.6 Å². The molecule has 0 radical (unpaired) electrons. The van der Waals surface area contributed by atoms with Crippen molar-refractivity contribution in [3.05, 3.63) is 64.1 Å². The van der Waals surface area contributed by atoms with Gasteiger partial charge in [0.15, 0.2) is 5.82 Å². The maximum absolute atomic E-state index is 13.4. The fourth-order valence-corrected chi connectivity index (χ4v) is 3.87. The third-order valence-electron chi connectivity index (χ3n) is 4.86. The first-order valence-corrected chi connectivity index (χ1v) is 10.6. The summed E-state index contributed by atoms with van der Waals surface area (Å²) in [7, 11) is 0. The van der Waals surface area contributed by atoms with Crippen LogP contribution in [-0.2, 0) is 12.8 Å². The molecule has 9 nitrogen and oxygen atoms in total. The van der Waals surface area contributed by atoms with Crippen LogP contribution >= 0.6 is 11.3 Å². The van der Waals surface area contributed by atoms with Gasteiger partial charge in [0.05, 0.1) is 6.61 Å². The highest BCUT2D eigenvalue weighted by atomic mass is 32.1. The number of aliphatic hydroxyl groups excluding tert-OH is 1. The maximum atomic E-state index is 13.4. The lowest BCUT2D eigenvalue weighted by atomic mass is 10.1. The van der Waals surface area contributed by atoms with E-state index < -0.39 is 11.9 Å². The van der Waals surface area contributed by atoms with Crippen LogP contribution in [0.15, 0.2) is 37.2 Å². The summed E-state index contributed by atoms with van der Waals surface area (Å²) in [6.07, 6.45) is 4.60. The average Bonchev–Trinajstić information content (AvgIpc) is 3.37. The van der Waals surface area contributed by atoms with Crippen LogP contribution < -0.4 is 0 Å². The predicted molar refractivity (Wildman–Crippen MR) is 111 cm³/mol. The molecule has 1 fully saturated rings. The Morgan fingerprint density at radius 2 is 1.97 bits per heavy atom. The van der Waals surface area contributed by atoms with E-state index in [0.29, 0.717) is 26.8 Å². The molecule has 0 amide bonds. The lowest BCUT2D eigenvalue weighted by Crippen LogP contribution is -2.10. The lowest BCUT2D eigenvalue weighted by molar-refractivity contribution is -0.141. The molecule has 1 aliphatic rings. The third kappa shape index (κ3) is 4.64. The topological polar surface area (TPSA) is 115 Å². The van der Waals surface area contributed by atoms with E-state index in [-0.39, 0.29) is 23.9 Å². The van der Waals surface area contributed by atoms with Crippen molar-refractivity contribution >= 4 is 23.1 Å². The summed E-state index contributed by atoms with van der Waals surface area (Å²) in [6, 6.07) is 2.57. The van der Waals surface area contributed by atoms with Crippen LogP contribution in [-0.4, -0.2) is 45.0 Å². The summed E-state index contributed by atoms with van der Waals surface area (Å²) in [5, 5.41) is 22.6. The molecular formula is C20H15F3N8OS. The minimum absolute atomic E-state index is 0.0378. The summed E-state index contributed by atoms with van der Waals surface area (Å²) in [5.41, 5.74) is 0.873. The van der Waals surface area contributed by atoms with Crippen molar-refractivity contribution in [3.63, 3.8) is 0 Å². The number of hydrogen-bond donors (Lipinski definition) is 1. The van der Waals surface area contributed by atoms with Crippen LogP contribution in [0, 0.1) is 0 Å². The molecule has 13 heteroatoms. The molecule has 1 aliphatic carbocycles. The van der Waals surface area contributed by atoms with E-state index >= 15 is 0 Å². The maximum Gasteiger partial charge on any atom is 0.433 e. The van der Waals surface area contributed by atoms with Crippen LogP contribution in [0.2, 0.25) is 0 Å². The van der Waals surface area contributed by atoms with Gasteiger partial charge in [0.25, 0.3) is 0 Å². The highest BCUT2D eigenvalue weighted by molar-refractivity contribution is 7.12. The fraction of sp³-hybridized carbons (Fsp3) is 0.250. The largest absolute Gasteiger partial charge is 0.433 e. The summed E-state index contributed by atoms with van der Waals surface area (Å²) in [6.45, 7) is -0.253. The Morgan fingerprint density at radius 3 is 2.64 bits per heavy atom. The Kier molecular flexibility index (Phi) is 5.42. The lowest BCUT2D eigenvalue weighted by Gasteiger charge is -2.09. The highest BCUT2D eigenvalue weighted by Crippen LogP contribution is 2.41. The normalized spacial score (nSPS) is 14.6. The fourth-order valence-electron chi connectivity index (χ4n) is 3.13. The number of hydrogen-bond acceptors (Lipinski definition) is 9. The van der Waals surface area contributed by atoms with Crippen molar-refractivity contribution in [3.8, 4) is 11.4 Å². The van der Waals surface area contributed by atoms with Gasteiger partial charge in [-0.3, -0.25) is 0 Å². The number of rotatable bonds is 6. The van der Waals surface area contributed by atoms with Gasteiger partial charge in [-0.15, -0.1) is 15.3 Å². The number of nitrogens with zero attached hydrogens (tertiary/aromatic N) is 8. The molecule has 0 saturated heterocycles. The van der Waals surface area contributed by atoms with E-state index in [1.54, 1.807) is 24.7 Å². The van der Waals surface area contributed by atoms with E-state index in [9.17, 15) is 18.3 Å². The first-order valence-electron chi connectivity index (χ1n) is 9.82. The molecule has 0 aliphatic heterocycles. The van der Waals surface area contributed by atoms with Crippen LogP contribution in [0.4, 0.5) is 13.2 Å². The van der Waals surface area contributed by atoms with E-state index in [0.717, 1.165) is 18.9 Å². The quantitative estimate of drug-likeness (QED) is 0.454. The van der Waals surface area contributed by atoms with Gasteiger partial charge in [-0.2, -0.15) is 13.2 Å². The molecule has 0 aromatic carbocycles. The smallest absolute Gasteiger partial charge is 0.389 e. The average molecular weight is 472 g/mol. The van der Waals surface area contributed by atoms with E-state index in [1.807, 2.05) is 0 Å². The Bertz CT molecular complexity index is 1310. The Balaban J connectivity index is 1.55. The molecule has 4 aromatic rings. The van der Waals surface area contributed by atoms with Crippen LogP contribution in [0.5, 0.6) is 0 Å². The van der Waals surface area contributed by atoms with Crippen molar-refractivity contribution in [1.29, 1.82) is 0 Å². The van der Waals surface area contributed by atoms with Gasteiger partial charge in [-0.05, 0) is 25.0 Å². The van der Waals surface area contributed by atoms with E-state index in [4.69, 9.17) is 0 Å². The van der Waals surface area contributed by atoms with Gasteiger partial charge >= 0.3 is 6.18 Å². The number of aliphatic hydroxyl groups is 1. The molecule has 5 rings (SSSR count). The van der Waals surface area contributed by atoms with Gasteiger partial charge in [-0.1, -0.05) is 11.3 Å². The van der Waals surface area contributed by atoms with E-state index in [2.05, 4.69) is 35.2 Å². The minimum atomic E-state index is -4.56. The zero-order valence-corrected chi connectivity index (χ0v) is 17.6. The molecule has 1 saturated carbocycles. The minimum Gasteiger partial charge on any atom is -0.389 e. The van der Waals surface area contributed by atoms with Crippen LogP contribution in [0.3, 0.4) is 0 Å². The molecule has 4 heterocycles. The monoisotopic (exact) mass is 472 g/mol. The van der Waals surface area contributed by atoms with Crippen molar-refractivity contribution in [2.24, 2.45) is 0 Å².